The second-order valence-corrected chi connectivity index (χ2v) is 11.1. The number of benzene rings is 3. The maximum absolute atomic E-state index is 15.2. The third kappa shape index (κ3) is 7.00. The molecule has 2 amide bonds. The van der Waals surface area contributed by atoms with Gasteiger partial charge in [-0.2, -0.15) is 0 Å². The fourth-order valence-corrected chi connectivity index (χ4v) is 5.17. The van der Waals surface area contributed by atoms with Crippen LogP contribution in [0, 0.1) is 17.0 Å². The van der Waals surface area contributed by atoms with Gasteiger partial charge < -0.3 is 29.6 Å². The van der Waals surface area contributed by atoms with Crippen LogP contribution in [0.2, 0.25) is 0 Å². The molecule has 13 heteroatoms. The Morgan fingerprint density at radius 3 is 2.33 bits per heavy atom. The van der Waals surface area contributed by atoms with E-state index in [0.717, 1.165) is 45.3 Å². The van der Waals surface area contributed by atoms with Crippen molar-refractivity contribution in [1.29, 1.82) is 0 Å². The number of amides is 2. The average molecular weight is 634 g/mol. The number of carbonyl (C=O) groups is 2. The third-order valence-electron chi connectivity index (χ3n) is 7.98. The first-order chi connectivity index (χ1) is 22.3. The zero-order valence-electron chi connectivity index (χ0n) is 25.2. The van der Waals surface area contributed by atoms with Crippen LogP contribution in [0.15, 0.2) is 60.9 Å². The Morgan fingerprint density at radius 2 is 1.63 bits per heavy atom. The summed E-state index contributed by atoms with van der Waals surface area (Å²) in [5.41, 5.74) is -0.243. The Bertz CT molecular complexity index is 1730. The lowest BCUT2D eigenvalue weighted by molar-refractivity contribution is -0.131. The van der Waals surface area contributed by atoms with Gasteiger partial charge in [-0.05, 0) is 61.7 Å². The highest BCUT2D eigenvalue weighted by Gasteiger charge is 2.56. The SMILES string of the molecule is COc1cc2c(Oc3ccc(NC(=O)C4(C(=O)Nc5ccc(F)cc5)CC4)cc3F)ncnc2cc1OCCCN1CCOCC1. The molecule has 2 fully saturated rings. The van der Waals surface area contributed by atoms with Crippen LogP contribution in [0.25, 0.3) is 10.9 Å². The fourth-order valence-electron chi connectivity index (χ4n) is 5.17. The number of fused-ring (bicyclic) bond motifs is 1. The van der Waals surface area contributed by atoms with Crippen molar-refractivity contribution in [3.63, 3.8) is 0 Å². The zero-order chi connectivity index (χ0) is 32.1. The van der Waals surface area contributed by atoms with Crippen LogP contribution in [0.3, 0.4) is 0 Å². The molecule has 1 aromatic heterocycles. The summed E-state index contributed by atoms with van der Waals surface area (Å²) in [4.78, 5) is 36.7. The lowest BCUT2D eigenvalue weighted by Gasteiger charge is -2.26. The van der Waals surface area contributed by atoms with E-state index in [4.69, 9.17) is 18.9 Å². The second kappa shape index (κ2) is 13.6. The average Bonchev–Trinajstić information content (AvgIpc) is 3.88. The summed E-state index contributed by atoms with van der Waals surface area (Å²) < 4.78 is 51.2. The maximum Gasteiger partial charge on any atom is 0.240 e. The summed E-state index contributed by atoms with van der Waals surface area (Å²) in [6, 6.07) is 12.6. The standard InChI is InChI=1S/C33H33F2N5O6/c1-43-28-18-24-26(19-29(28)45-14-2-11-40-12-15-44-16-13-40)36-20-37-30(24)46-27-8-7-23(17-25(27)35)39-32(42)33(9-10-33)31(41)38-22-5-3-21(34)4-6-22/h3-8,17-20H,2,9-16H2,1H3,(H,38,41)(H,39,42). The molecule has 0 spiro atoms. The van der Waals surface area contributed by atoms with Gasteiger partial charge in [-0.3, -0.25) is 14.5 Å². The number of aromatic nitrogens is 2. The minimum Gasteiger partial charge on any atom is -0.493 e. The molecule has 240 valence electrons. The van der Waals surface area contributed by atoms with E-state index < -0.39 is 28.9 Å². The molecule has 1 aliphatic heterocycles. The molecule has 0 unspecified atom stereocenters. The topological polar surface area (TPSA) is 124 Å². The fraction of sp³-hybridized carbons (Fsp3) is 0.333. The first kappa shape index (κ1) is 31.1. The molecule has 2 N–H and O–H groups in total. The molecule has 2 heterocycles. The van der Waals surface area contributed by atoms with Crippen molar-refractivity contribution in [1.82, 2.24) is 14.9 Å². The van der Waals surface area contributed by atoms with Crippen LogP contribution >= 0.6 is 0 Å². The highest BCUT2D eigenvalue weighted by atomic mass is 19.1. The largest absolute Gasteiger partial charge is 0.493 e. The van der Waals surface area contributed by atoms with Crippen LogP contribution in [0.1, 0.15) is 19.3 Å². The smallest absolute Gasteiger partial charge is 0.240 e. The summed E-state index contributed by atoms with van der Waals surface area (Å²) >= 11 is 0. The van der Waals surface area contributed by atoms with Gasteiger partial charge in [0.15, 0.2) is 23.1 Å². The summed E-state index contributed by atoms with van der Waals surface area (Å²) in [5.74, 6) is -1.32. The number of ether oxygens (including phenoxy) is 4. The Hall–Kier alpha value is -4.88. The predicted octanol–water partition coefficient (Wildman–Crippen LogP) is 5.17. The van der Waals surface area contributed by atoms with E-state index in [0.29, 0.717) is 47.5 Å². The Kier molecular flexibility index (Phi) is 9.22. The van der Waals surface area contributed by atoms with E-state index in [1.54, 1.807) is 12.1 Å². The normalized spacial score (nSPS) is 15.6. The van der Waals surface area contributed by atoms with Gasteiger partial charge in [0, 0.05) is 43.1 Å². The number of anilines is 2. The van der Waals surface area contributed by atoms with Crippen LogP contribution < -0.4 is 24.8 Å². The van der Waals surface area contributed by atoms with Crippen molar-refractivity contribution in [2.24, 2.45) is 5.41 Å². The molecule has 0 atom stereocenters. The number of morpholine rings is 1. The molecule has 1 saturated heterocycles. The van der Waals surface area contributed by atoms with E-state index in [9.17, 15) is 14.0 Å². The zero-order valence-corrected chi connectivity index (χ0v) is 25.2. The van der Waals surface area contributed by atoms with Crippen molar-refractivity contribution in [2.45, 2.75) is 19.3 Å². The Morgan fingerprint density at radius 1 is 0.913 bits per heavy atom. The van der Waals surface area contributed by atoms with E-state index in [1.165, 1.54) is 49.8 Å². The molecule has 2 aliphatic rings. The number of hydrogen-bond donors (Lipinski definition) is 2. The molecular formula is C33H33F2N5O6. The summed E-state index contributed by atoms with van der Waals surface area (Å²) in [6.45, 7) is 4.71. The van der Waals surface area contributed by atoms with Crippen LogP contribution in [-0.4, -0.2) is 73.2 Å². The number of halogens is 2. The van der Waals surface area contributed by atoms with Gasteiger partial charge in [-0.1, -0.05) is 0 Å². The lowest BCUT2D eigenvalue weighted by atomic mass is 10.0. The monoisotopic (exact) mass is 633 g/mol. The minimum absolute atomic E-state index is 0.104. The van der Waals surface area contributed by atoms with Crippen molar-refractivity contribution in [3.8, 4) is 23.1 Å². The number of hydrogen-bond acceptors (Lipinski definition) is 9. The highest BCUT2D eigenvalue weighted by molar-refractivity contribution is 6.16. The quantitative estimate of drug-likeness (QED) is 0.161. The molecule has 1 aliphatic carbocycles. The summed E-state index contributed by atoms with van der Waals surface area (Å²) in [7, 11) is 1.52. The van der Waals surface area contributed by atoms with Crippen LogP contribution in [-0.2, 0) is 14.3 Å². The maximum atomic E-state index is 15.2. The van der Waals surface area contributed by atoms with E-state index in [1.807, 2.05) is 0 Å². The minimum atomic E-state index is -1.29. The Balaban J connectivity index is 1.10. The Labute approximate surface area is 263 Å². The number of nitrogens with zero attached hydrogens (tertiary/aromatic N) is 3. The van der Waals surface area contributed by atoms with Gasteiger partial charge >= 0.3 is 0 Å². The molecular weight excluding hydrogens is 600 g/mol. The number of carbonyl (C=O) groups excluding carboxylic acids is 2. The van der Waals surface area contributed by atoms with E-state index in [-0.39, 0.29) is 17.3 Å². The highest BCUT2D eigenvalue weighted by Crippen LogP contribution is 2.47. The van der Waals surface area contributed by atoms with Gasteiger partial charge in [0.2, 0.25) is 17.7 Å². The number of nitrogens with one attached hydrogen (secondary N) is 2. The van der Waals surface area contributed by atoms with Gasteiger partial charge in [-0.25, -0.2) is 18.7 Å². The van der Waals surface area contributed by atoms with Crippen molar-refractivity contribution in [3.05, 3.63) is 72.6 Å². The van der Waals surface area contributed by atoms with Crippen LogP contribution in [0.4, 0.5) is 20.2 Å². The molecule has 6 rings (SSSR count). The van der Waals surface area contributed by atoms with Crippen molar-refractivity contribution in [2.75, 3.05) is 57.2 Å². The van der Waals surface area contributed by atoms with Crippen molar-refractivity contribution < 1.29 is 37.3 Å². The van der Waals surface area contributed by atoms with Gasteiger partial charge in [-0.15, -0.1) is 0 Å². The molecule has 1 saturated carbocycles. The first-order valence-corrected chi connectivity index (χ1v) is 15.0. The molecule has 46 heavy (non-hydrogen) atoms. The van der Waals surface area contributed by atoms with Gasteiger partial charge in [0.25, 0.3) is 0 Å². The molecule has 4 aromatic rings. The number of rotatable bonds is 12. The third-order valence-corrected chi connectivity index (χ3v) is 7.98. The molecule has 11 nitrogen and oxygen atoms in total. The molecule has 3 aromatic carbocycles. The van der Waals surface area contributed by atoms with E-state index in [2.05, 4.69) is 25.5 Å². The second-order valence-electron chi connectivity index (χ2n) is 11.1. The van der Waals surface area contributed by atoms with Crippen LogP contribution in [0.5, 0.6) is 23.1 Å². The lowest BCUT2D eigenvalue weighted by Crippen LogP contribution is -2.37. The van der Waals surface area contributed by atoms with Gasteiger partial charge in [0.05, 0.1) is 37.8 Å². The molecule has 0 bridgehead atoms. The van der Waals surface area contributed by atoms with E-state index >= 15 is 4.39 Å². The number of methoxy groups -OCH3 is 1. The summed E-state index contributed by atoms with van der Waals surface area (Å²) in [5, 5.41) is 5.75. The molecule has 0 radical (unpaired) electrons. The van der Waals surface area contributed by atoms with Crippen molar-refractivity contribution >= 4 is 34.1 Å². The predicted molar refractivity (Wildman–Crippen MR) is 165 cm³/mol. The first-order valence-electron chi connectivity index (χ1n) is 15.0. The van der Waals surface area contributed by atoms with Gasteiger partial charge in [0.1, 0.15) is 17.6 Å². The summed E-state index contributed by atoms with van der Waals surface area (Å²) in [6.07, 6.45) is 2.81.